The van der Waals surface area contributed by atoms with Gasteiger partial charge in [-0.05, 0) is 62.9 Å². The Hall–Kier alpha value is -1.25. The molecule has 0 radical (unpaired) electrons. The summed E-state index contributed by atoms with van der Waals surface area (Å²) >= 11 is 8.35. The highest BCUT2D eigenvalue weighted by molar-refractivity contribution is 9.13. The molecule has 4 heterocycles. The topological polar surface area (TPSA) is 50.5 Å². The lowest BCUT2D eigenvalue weighted by atomic mass is 10.2. The quantitative estimate of drug-likeness (QED) is 0.579. The van der Waals surface area contributed by atoms with Gasteiger partial charge in [-0.15, -0.1) is 21.5 Å². The van der Waals surface area contributed by atoms with Crippen molar-refractivity contribution in [3.8, 4) is 0 Å². The van der Waals surface area contributed by atoms with E-state index in [1.165, 1.54) is 11.3 Å². The van der Waals surface area contributed by atoms with Gasteiger partial charge in [-0.3, -0.25) is 9.20 Å². The van der Waals surface area contributed by atoms with Crippen LogP contribution in [0.4, 0.5) is 0 Å². The number of carbonyl (C=O) groups excluding carboxylic acids is 1. The first-order chi connectivity index (χ1) is 11.1. The van der Waals surface area contributed by atoms with Gasteiger partial charge in [0.25, 0.3) is 5.91 Å². The van der Waals surface area contributed by atoms with Gasteiger partial charge in [0.15, 0.2) is 11.5 Å². The highest BCUT2D eigenvalue weighted by atomic mass is 79.9. The predicted octanol–water partition coefficient (Wildman–Crippen LogP) is 4.29. The Bertz CT molecular complexity index is 871. The molecule has 0 N–H and O–H groups in total. The van der Waals surface area contributed by atoms with Crippen LogP contribution < -0.4 is 0 Å². The van der Waals surface area contributed by atoms with Crippen molar-refractivity contribution in [3.63, 3.8) is 0 Å². The lowest BCUT2D eigenvalue weighted by Gasteiger charge is -2.22. The molecule has 3 aromatic rings. The Morgan fingerprint density at radius 3 is 2.96 bits per heavy atom. The smallest absolute Gasteiger partial charge is 0.264 e. The van der Waals surface area contributed by atoms with Crippen molar-refractivity contribution >= 4 is 54.8 Å². The van der Waals surface area contributed by atoms with E-state index in [0.717, 1.165) is 44.0 Å². The van der Waals surface area contributed by atoms with Crippen molar-refractivity contribution in [2.75, 3.05) is 6.54 Å². The number of halogens is 2. The van der Waals surface area contributed by atoms with Gasteiger partial charge in [0.1, 0.15) is 0 Å². The highest BCUT2D eigenvalue weighted by Crippen LogP contribution is 2.37. The molecule has 1 aliphatic rings. The molecule has 4 rings (SSSR count). The molecule has 0 aliphatic carbocycles. The largest absolute Gasteiger partial charge is 0.328 e. The number of thiophene rings is 1. The fraction of sp³-hybridized carbons (Fsp3) is 0.267. The minimum Gasteiger partial charge on any atom is -0.328 e. The molecule has 1 fully saturated rings. The van der Waals surface area contributed by atoms with E-state index in [-0.39, 0.29) is 11.9 Å². The van der Waals surface area contributed by atoms with Gasteiger partial charge in [0, 0.05) is 17.2 Å². The number of carbonyl (C=O) groups is 1. The van der Waals surface area contributed by atoms with Gasteiger partial charge >= 0.3 is 0 Å². The minimum atomic E-state index is -0.0282. The summed E-state index contributed by atoms with van der Waals surface area (Å²) in [7, 11) is 0. The van der Waals surface area contributed by atoms with Crippen molar-refractivity contribution in [1.82, 2.24) is 19.5 Å². The first kappa shape index (κ1) is 15.3. The SMILES string of the molecule is O=C(c1cc(Br)c(Br)s1)N1CCCC1c1nnc2ccccn12. The third-order valence-electron chi connectivity index (χ3n) is 4.01. The number of pyridine rings is 1. The van der Waals surface area contributed by atoms with Gasteiger partial charge in [0.2, 0.25) is 0 Å². The molecule has 8 heteroatoms. The van der Waals surface area contributed by atoms with Crippen LogP contribution in [-0.4, -0.2) is 31.9 Å². The van der Waals surface area contributed by atoms with E-state index in [1.807, 2.05) is 39.8 Å². The third-order valence-corrected chi connectivity index (χ3v) is 7.25. The Morgan fingerprint density at radius 1 is 1.30 bits per heavy atom. The molecule has 1 unspecified atom stereocenters. The van der Waals surface area contributed by atoms with Crippen LogP contribution in [0, 0.1) is 0 Å². The second kappa shape index (κ2) is 5.99. The maximum Gasteiger partial charge on any atom is 0.264 e. The maximum absolute atomic E-state index is 12.9. The molecule has 0 aromatic carbocycles. The van der Waals surface area contributed by atoms with Crippen molar-refractivity contribution in [2.24, 2.45) is 0 Å². The molecule has 1 saturated heterocycles. The van der Waals surface area contributed by atoms with E-state index in [4.69, 9.17) is 0 Å². The Kier molecular flexibility index (Phi) is 3.98. The van der Waals surface area contributed by atoms with Gasteiger partial charge in [-0.1, -0.05) is 6.07 Å². The molecule has 0 bridgehead atoms. The highest BCUT2D eigenvalue weighted by Gasteiger charge is 2.34. The summed E-state index contributed by atoms with van der Waals surface area (Å²) in [6.07, 6.45) is 3.84. The molecule has 1 aliphatic heterocycles. The fourth-order valence-corrected chi connectivity index (χ4v) is 4.95. The lowest BCUT2D eigenvalue weighted by Crippen LogP contribution is -2.31. The molecule has 1 atom stereocenters. The summed E-state index contributed by atoms with van der Waals surface area (Å²) < 4.78 is 3.82. The van der Waals surface area contributed by atoms with Crippen LogP contribution in [0.2, 0.25) is 0 Å². The zero-order valence-electron chi connectivity index (χ0n) is 11.9. The number of hydrogen-bond acceptors (Lipinski definition) is 4. The number of likely N-dealkylation sites (tertiary alicyclic amines) is 1. The molecule has 23 heavy (non-hydrogen) atoms. The van der Waals surface area contributed by atoms with E-state index >= 15 is 0 Å². The Morgan fingerprint density at radius 2 is 2.17 bits per heavy atom. The molecule has 3 aromatic heterocycles. The molecule has 0 spiro atoms. The van der Waals surface area contributed by atoms with Gasteiger partial charge < -0.3 is 4.90 Å². The van der Waals surface area contributed by atoms with Crippen molar-refractivity contribution in [1.29, 1.82) is 0 Å². The standard InChI is InChI=1S/C15H12Br2N4OS/c16-9-8-11(23-13(9)17)15(22)20-7-3-4-10(20)14-19-18-12-5-1-2-6-21(12)14/h1-2,5-6,8,10H,3-4,7H2. The summed E-state index contributed by atoms with van der Waals surface area (Å²) in [5.74, 6) is 0.887. The van der Waals surface area contributed by atoms with Crippen LogP contribution in [-0.2, 0) is 0 Å². The monoisotopic (exact) mass is 454 g/mol. The molecule has 118 valence electrons. The van der Waals surface area contributed by atoms with Crippen LogP contribution in [0.3, 0.4) is 0 Å². The molecular formula is C15H12Br2N4OS. The molecule has 5 nitrogen and oxygen atoms in total. The van der Waals surface area contributed by atoms with Gasteiger partial charge in [-0.25, -0.2) is 0 Å². The van der Waals surface area contributed by atoms with Gasteiger partial charge in [-0.2, -0.15) is 0 Å². The maximum atomic E-state index is 12.9. The summed E-state index contributed by atoms with van der Waals surface area (Å²) in [5.41, 5.74) is 0.809. The van der Waals surface area contributed by atoms with E-state index in [1.54, 1.807) is 0 Å². The van der Waals surface area contributed by atoms with Crippen LogP contribution in [0.5, 0.6) is 0 Å². The third kappa shape index (κ3) is 2.62. The number of rotatable bonds is 2. The second-order valence-corrected chi connectivity index (χ2v) is 8.60. The molecular weight excluding hydrogens is 444 g/mol. The summed E-state index contributed by atoms with van der Waals surface area (Å²) in [6, 6.07) is 7.65. The number of nitrogens with zero attached hydrogens (tertiary/aromatic N) is 4. The number of aromatic nitrogens is 3. The van der Waals surface area contributed by atoms with Crippen molar-refractivity contribution < 1.29 is 4.79 Å². The molecule has 1 amide bonds. The minimum absolute atomic E-state index is 0.0282. The van der Waals surface area contributed by atoms with Gasteiger partial charge in [0.05, 0.1) is 14.7 Å². The number of hydrogen-bond donors (Lipinski definition) is 0. The summed E-state index contributed by atoms with van der Waals surface area (Å²) in [4.78, 5) is 15.5. The second-order valence-electron chi connectivity index (χ2n) is 5.38. The number of amides is 1. The normalized spacial score (nSPS) is 18.0. The van der Waals surface area contributed by atoms with Crippen LogP contribution >= 0.6 is 43.2 Å². The van der Waals surface area contributed by atoms with E-state index in [9.17, 15) is 4.79 Å². The van der Waals surface area contributed by atoms with E-state index < -0.39 is 0 Å². The predicted molar refractivity (Wildman–Crippen MR) is 95.7 cm³/mol. The zero-order chi connectivity index (χ0) is 16.0. The molecule has 0 saturated carbocycles. The van der Waals surface area contributed by atoms with Crippen molar-refractivity contribution in [3.05, 3.63) is 49.4 Å². The Balaban J connectivity index is 1.70. The first-order valence-corrected chi connectivity index (χ1v) is 9.61. The Labute approximate surface area is 153 Å². The fourth-order valence-electron chi connectivity index (χ4n) is 2.96. The lowest BCUT2D eigenvalue weighted by molar-refractivity contribution is 0.0734. The zero-order valence-corrected chi connectivity index (χ0v) is 15.9. The summed E-state index contributed by atoms with van der Waals surface area (Å²) in [6.45, 7) is 0.748. The summed E-state index contributed by atoms with van der Waals surface area (Å²) in [5, 5.41) is 8.54. The average Bonchev–Trinajstić information content (AvgIpc) is 3.25. The van der Waals surface area contributed by atoms with Crippen LogP contribution in [0.1, 0.15) is 34.4 Å². The van der Waals surface area contributed by atoms with Crippen LogP contribution in [0.25, 0.3) is 5.65 Å². The van der Waals surface area contributed by atoms with Crippen molar-refractivity contribution in [2.45, 2.75) is 18.9 Å². The first-order valence-electron chi connectivity index (χ1n) is 7.20. The number of fused-ring (bicyclic) bond motifs is 1. The van der Waals surface area contributed by atoms with Crippen LogP contribution in [0.15, 0.2) is 38.7 Å². The van der Waals surface area contributed by atoms with E-state index in [2.05, 4.69) is 42.1 Å². The average molecular weight is 456 g/mol. The van der Waals surface area contributed by atoms with E-state index in [0.29, 0.717) is 0 Å².